The number of thioether (sulfide) groups is 1. The quantitative estimate of drug-likeness (QED) is 0.628. The summed E-state index contributed by atoms with van der Waals surface area (Å²) in [5.41, 5.74) is 1.22. The molecule has 0 radical (unpaired) electrons. The molecule has 118 valence electrons. The molecule has 0 bridgehead atoms. The minimum atomic E-state index is -0.339. The fraction of sp³-hybridized carbons (Fsp3) is 0.188. The summed E-state index contributed by atoms with van der Waals surface area (Å²) in [4.78, 5) is 12.0. The molecule has 1 amide bonds. The van der Waals surface area contributed by atoms with Crippen molar-refractivity contribution in [2.45, 2.75) is 11.9 Å². The van der Waals surface area contributed by atoms with Crippen LogP contribution in [0, 0.1) is 11.3 Å². The molecule has 0 fully saturated rings. The number of nitrogens with one attached hydrogen (secondary N) is 2. The fourth-order valence-electron chi connectivity index (χ4n) is 1.81. The van der Waals surface area contributed by atoms with Crippen molar-refractivity contribution in [3.63, 3.8) is 0 Å². The Hall–Kier alpha value is -2.72. The van der Waals surface area contributed by atoms with Gasteiger partial charge in [-0.2, -0.15) is 10.4 Å². The molecule has 2 N–H and O–H groups in total. The van der Waals surface area contributed by atoms with Gasteiger partial charge in [0.2, 0.25) is 5.91 Å². The third kappa shape index (κ3) is 4.37. The molecule has 0 aliphatic rings. The van der Waals surface area contributed by atoms with Crippen molar-refractivity contribution in [2.75, 3.05) is 18.2 Å². The lowest BCUT2D eigenvalue weighted by Crippen LogP contribution is -2.09. The molecule has 23 heavy (non-hydrogen) atoms. The molecule has 1 aromatic carbocycles. The second-order valence-corrected chi connectivity index (χ2v) is 5.67. The van der Waals surface area contributed by atoms with E-state index < -0.39 is 0 Å². The van der Waals surface area contributed by atoms with E-state index in [0.717, 1.165) is 17.1 Å². The molecular formula is C16H16N4O2S. The van der Waals surface area contributed by atoms with Gasteiger partial charge in [-0.05, 0) is 29.5 Å². The first kappa shape index (κ1) is 16.6. The number of anilines is 1. The van der Waals surface area contributed by atoms with Crippen LogP contribution in [-0.4, -0.2) is 29.0 Å². The SMILES string of the molecule is CCSc1n[nH]c(NC(=O)/C=C/c2ccc(OC)cc2)c1C#N. The van der Waals surface area contributed by atoms with E-state index in [-0.39, 0.29) is 5.91 Å². The van der Waals surface area contributed by atoms with Gasteiger partial charge in [-0.1, -0.05) is 19.1 Å². The molecule has 0 atom stereocenters. The number of aromatic amines is 1. The second-order valence-electron chi connectivity index (χ2n) is 4.42. The van der Waals surface area contributed by atoms with Crippen LogP contribution in [0.1, 0.15) is 18.1 Å². The second kappa shape index (κ2) is 8.06. The number of nitrogens with zero attached hydrogens (tertiary/aromatic N) is 2. The number of nitriles is 1. The predicted octanol–water partition coefficient (Wildman–Crippen LogP) is 3.05. The summed E-state index contributed by atoms with van der Waals surface area (Å²) in [6, 6.07) is 9.37. The van der Waals surface area contributed by atoms with Crippen LogP contribution in [0.2, 0.25) is 0 Å². The zero-order chi connectivity index (χ0) is 16.7. The van der Waals surface area contributed by atoms with Crippen LogP contribution in [0.25, 0.3) is 6.08 Å². The van der Waals surface area contributed by atoms with E-state index in [2.05, 4.69) is 21.6 Å². The number of H-pyrrole nitrogens is 1. The molecule has 0 saturated heterocycles. The summed E-state index contributed by atoms with van der Waals surface area (Å²) in [6.45, 7) is 1.97. The minimum Gasteiger partial charge on any atom is -0.497 e. The summed E-state index contributed by atoms with van der Waals surface area (Å²) in [5.74, 6) is 1.52. The third-order valence-corrected chi connectivity index (χ3v) is 3.77. The first-order valence-electron chi connectivity index (χ1n) is 6.92. The normalized spacial score (nSPS) is 10.5. The summed E-state index contributed by atoms with van der Waals surface area (Å²) in [7, 11) is 1.60. The lowest BCUT2D eigenvalue weighted by Gasteiger charge is -2.00. The maximum Gasteiger partial charge on any atom is 0.249 e. The fourth-order valence-corrected chi connectivity index (χ4v) is 2.49. The zero-order valence-corrected chi connectivity index (χ0v) is 13.6. The van der Waals surface area contributed by atoms with E-state index in [1.807, 2.05) is 31.2 Å². The molecule has 6 nitrogen and oxygen atoms in total. The molecule has 1 aromatic heterocycles. The van der Waals surface area contributed by atoms with E-state index >= 15 is 0 Å². The van der Waals surface area contributed by atoms with E-state index in [9.17, 15) is 10.1 Å². The number of ether oxygens (including phenoxy) is 1. The van der Waals surface area contributed by atoms with Crippen molar-refractivity contribution in [2.24, 2.45) is 0 Å². The molecule has 0 aliphatic carbocycles. The van der Waals surface area contributed by atoms with Crippen molar-refractivity contribution in [3.8, 4) is 11.8 Å². The number of hydrogen-bond acceptors (Lipinski definition) is 5. The first-order chi connectivity index (χ1) is 11.2. The Morgan fingerprint density at radius 3 is 2.83 bits per heavy atom. The average Bonchev–Trinajstić information content (AvgIpc) is 2.95. The van der Waals surface area contributed by atoms with Crippen molar-refractivity contribution < 1.29 is 9.53 Å². The van der Waals surface area contributed by atoms with Crippen LogP contribution in [-0.2, 0) is 4.79 Å². The van der Waals surface area contributed by atoms with Gasteiger partial charge in [-0.15, -0.1) is 11.8 Å². The van der Waals surface area contributed by atoms with Gasteiger partial charge in [-0.3, -0.25) is 9.89 Å². The van der Waals surface area contributed by atoms with Gasteiger partial charge in [0.1, 0.15) is 28.2 Å². The molecular weight excluding hydrogens is 312 g/mol. The van der Waals surface area contributed by atoms with Crippen molar-refractivity contribution in [1.82, 2.24) is 10.2 Å². The highest BCUT2D eigenvalue weighted by atomic mass is 32.2. The molecule has 0 unspecified atom stereocenters. The van der Waals surface area contributed by atoms with E-state index in [4.69, 9.17) is 4.74 Å². The summed E-state index contributed by atoms with van der Waals surface area (Å²) < 4.78 is 5.07. The summed E-state index contributed by atoms with van der Waals surface area (Å²) >= 11 is 1.44. The Morgan fingerprint density at radius 1 is 1.48 bits per heavy atom. The van der Waals surface area contributed by atoms with Crippen molar-refractivity contribution in [1.29, 1.82) is 5.26 Å². The minimum absolute atomic E-state index is 0.313. The molecule has 1 heterocycles. The van der Waals surface area contributed by atoms with E-state index in [0.29, 0.717) is 16.4 Å². The smallest absolute Gasteiger partial charge is 0.249 e. The number of carbonyl (C=O) groups excluding carboxylic acids is 1. The largest absolute Gasteiger partial charge is 0.497 e. The standard InChI is InChI=1S/C16H16N4O2S/c1-3-23-16-13(10-17)15(19-20-16)18-14(21)9-6-11-4-7-12(22-2)8-5-11/h4-9H,3H2,1-2H3,(H2,18,19,20,21)/b9-6+. The summed E-state index contributed by atoms with van der Waals surface area (Å²) in [5, 5.41) is 19.1. The van der Waals surface area contributed by atoms with Gasteiger partial charge in [-0.25, -0.2) is 0 Å². The van der Waals surface area contributed by atoms with Gasteiger partial charge >= 0.3 is 0 Å². The summed E-state index contributed by atoms with van der Waals surface area (Å²) in [6.07, 6.45) is 3.08. The maximum absolute atomic E-state index is 12.0. The third-order valence-electron chi connectivity index (χ3n) is 2.92. The van der Waals surface area contributed by atoms with Crippen molar-refractivity contribution >= 4 is 29.6 Å². The van der Waals surface area contributed by atoms with Gasteiger partial charge < -0.3 is 10.1 Å². The van der Waals surface area contributed by atoms with Crippen LogP contribution in [0.15, 0.2) is 35.4 Å². The molecule has 0 spiro atoms. The van der Waals surface area contributed by atoms with Crippen LogP contribution in [0.5, 0.6) is 5.75 Å². The lowest BCUT2D eigenvalue weighted by atomic mass is 10.2. The molecule has 7 heteroatoms. The lowest BCUT2D eigenvalue weighted by molar-refractivity contribution is -0.111. The average molecular weight is 328 g/mol. The number of rotatable bonds is 6. The molecule has 2 rings (SSSR count). The Kier molecular flexibility index (Phi) is 5.83. The number of carbonyl (C=O) groups is 1. The molecule has 0 saturated carbocycles. The van der Waals surface area contributed by atoms with Crippen LogP contribution >= 0.6 is 11.8 Å². The number of benzene rings is 1. The first-order valence-corrected chi connectivity index (χ1v) is 7.90. The number of amides is 1. The molecule has 0 aliphatic heterocycles. The van der Waals surface area contributed by atoms with Crippen LogP contribution in [0.4, 0.5) is 5.82 Å². The number of hydrogen-bond donors (Lipinski definition) is 2. The van der Waals surface area contributed by atoms with Crippen LogP contribution in [0.3, 0.4) is 0 Å². The molecule has 2 aromatic rings. The Bertz CT molecular complexity index is 744. The van der Waals surface area contributed by atoms with Crippen molar-refractivity contribution in [3.05, 3.63) is 41.5 Å². The number of aromatic nitrogens is 2. The van der Waals surface area contributed by atoms with E-state index in [1.54, 1.807) is 13.2 Å². The predicted molar refractivity (Wildman–Crippen MR) is 90.4 cm³/mol. The van der Waals surface area contributed by atoms with Gasteiger partial charge in [0.15, 0.2) is 0 Å². The Labute approximate surface area is 138 Å². The highest BCUT2D eigenvalue weighted by Crippen LogP contribution is 2.24. The highest BCUT2D eigenvalue weighted by Gasteiger charge is 2.14. The van der Waals surface area contributed by atoms with Gasteiger partial charge in [0.25, 0.3) is 0 Å². The Balaban J connectivity index is 2.04. The van der Waals surface area contributed by atoms with E-state index in [1.165, 1.54) is 17.8 Å². The topological polar surface area (TPSA) is 90.8 Å². The number of methoxy groups -OCH3 is 1. The Morgan fingerprint density at radius 2 is 2.22 bits per heavy atom. The monoisotopic (exact) mass is 328 g/mol. The zero-order valence-electron chi connectivity index (χ0n) is 12.8. The highest BCUT2D eigenvalue weighted by molar-refractivity contribution is 7.99. The van der Waals surface area contributed by atoms with Crippen LogP contribution < -0.4 is 10.1 Å². The van der Waals surface area contributed by atoms with Gasteiger partial charge in [0.05, 0.1) is 7.11 Å². The maximum atomic E-state index is 12.0. The van der Waals surface area contributed by atoms with Gasteiger partial charge in [0, 0.05) is 6.08 Å².